The highest BCUT2D eigenvalue weighted by Gasteiger charge is 2.21. The number of furan rings is 1. The molecule has 2 heterocycles. The minimum Gasteiger partial charge on any atom is -0.455 e. The Labute approximate surface area is 322 Å². The zero-order chi connectivity index (χ0) is 36.3. The number of nitrogens with zero attached hydrogens (tertiary/aromatic N) is 1. The van der Waals surface area contributed by atoms with Crippen molar-refractivity contribution in [2.24, 2.45) is 0 Å². The summed E-state index contributed by atoms with van der Waals surface area (Å²) in [6, 6.07) is 72.2. The van der Waals surface area contributed by atoms with Crippen LogP contribution in [0.15, 0.2) is 205 Å². The first-order valence-electron chi connectivity index (χ1n) is 18.7. The molecule has 0 saturated heterocycles. The number of rotatable bonds is 6. The number of hydrogen-bond donors (Lipinski definition) is 0. The summed E-state index contributed by atoms with van der Waals surface area (Å²) >= 11 is 1.86. The van der Waals surface area contributed by atoms with Crippen LogP contribution < -0.4 is 4.90 Å². The maximum Gasteiger partial charge on any atom is 0.143 e. The van der Waals surface area contributed by atoms with E-state index in [0.29, 0.717) is 0 Å². The molecule has 0 aliphatic rings. The van der Waals surface area contributed by atoms with Crippen LogP contribution in [0.1, 0.15) is 0 Å². The lowest BCUT2D eigenvalue weighted by Crippen LogP contribution is -2.11. The third-order valence-corrected chi connectivity index (χ3v) is 12.0. The van der Waals surface area contributed by atoms with Crippen LogP contribution in [0.25, 0.3) is 86.3 Å². The Bertz CT molecular complexity index is 3220. The topological polar surface area (TPSA) is 16.4 Å². The smallest absolute Gasteiger partial charge is 0.143 e. The molecule has 3 heteroatoms. The molecular weight excluding hydrogens is 687 g/mol. The second-order valence-corrected chi connectivity index (χ2v) is 15.1. The summed E-state index contributed by atoms with van der Waals surface area (Å²) in [5.74, 6) is 0. The monoisotopic (exact) mass is 719 g/mol. The fraction of sp³-hybridized carbons (Fsp3) is 0. The van der Waals surface area contributed by atoms with Gasteiger partial charge in [0, 0.05) is 53.4 Å². The van der Waals surface area contributed by atoms with Crippen LogP contribution in [0.4, 0.5) is 17.1 Å². The van der Waals surface area contributed by atoms with Crippen molar-refractivity contribution < 1.29 is 4.42 Å². The van der Waals surface area contributed by atoms with E-state index >= 15 is 0 Å². The Morgan fingerprint density at radius 1 is 0.382 bits per heavy atom. The summed E-state index contributed by atoms with van der Waals surface area (Å²) in [6.07, 6.45) is 0. The van der Waals surface area contributed by atoms with Gasteiger partial charge in [-0.05, 0) is 81.6 Å². The first-order chi connectivity index (χ1) is 27.3. The number of para-hydroxylation sites is 3. The van der Waals surface area contributed by atoms with Crippen molar-refractivity contribution in [2.45, 2.75) is 0 Å². The lowest BCUT2D eigenvalue weighted by molar-refractivity contribution is 0.670. The van der Waals surface area contributed by atoms with Gasteiger partial charge in [-0.3, -0.25) is 0 Å². The van der Waals surface area contributed by atoms with Crippen molar-refractivity contribution in [3.8, 4) is 33.4 Å². The zero-order valence-corrected chi connectivity index (χ0v) is 30.6. The fourth-order valence-electron chi connectivity index (χ4n) is 8.38. The van der Waals surface area contributed by atoms with Gasteiger partial charge in [0.05, 0.1) is 5.69 Å². The van der Waals surface area contributed by atoms with Gasteiger partial charge in [0.2, 0.25) is 0 Å². The summed E-state index contributed by atoms with van der Waals surface area (Å²) in [4.78, 5) is 2.40. The molecule has 258 valence electrons. The minimum atomic E-state index is 0.895. The van der Waals surface area contributed by atoms with E-state index in [1.165, 1.54) is 53.2 Å². The van der Waals surface area contributed by atoms with Crippen LogP contribution in [-0.4, -0.2) is 0 Å². The number of benzene rings is 9. The predicted molar refractivity (Wildman–Crippen MR) is 235 cm³/mol. The van der Waals surface area contributed by atoms with Crippen LogP contribution in [0.3, 0.4) is 0 Å². The van der Waals surface area contributed by atoms with Gasteiger partial charge in [0.25, 0.3) is 0 Å². The highest BCUT2D eigenvalue weighted by atomic mass is 32.1. The van der Waals surface area contributed by atoms with E-state index in [-0.39, 0.29) is 0 Å². The van der Waals surface area contributed by atoms with Crippen molar-refractivity contribution >= 4 is 81.3 Å². The summed E-state index contributed by atoms with van der Waals surface area (Å²) in [6.45, 7) is 0. The Morgan fingerprint density at radius 3 is 1.95 bits per heavy atom. The first-order valence-corrected chi connectivity index (χ1v) is 19.5. The summed E-state index contributed by atoms with van der Waals surface area (Å²) < 4.78 is 9.22. The largest absolute Gasteiger partial charge is 0.455 e. The van der Waals surface area contributed by atoms with E-state index in [1.807, 2.05) is 17.4 Å². The lowest BCUT2D eigenvalue weighted by atomic mass is 9.96. The van der Waals surface area contributed by atoms with Gasteiger partial charge in [-0.1, -0.05) is 152 Å². The maximum absolute atomic E-state index is 6.61. The molecule has 0 bridgehead atoms. The third kappa shape index (κ3) is 5.24. The standard InChI is InChI=1S/C52H33NOS/c1-2-17-39-34(13-1)14-10-21-40(39)35-29-31-37(32-30-35)53(38-16-9-15-36(33-38)41-22-12-28-50-51(41)46-20-5-8-27-49(46)55-50)47-25-6-3-18-42(47)44-23-11-24-45-43-19-4-7-26-48(43)54-52(44)45/h1-33H. The molecule has 9 aromatic carbocycles. The molecule has 0 N–H and O–H groups in total. The molecule has 2 aromatic heterocycles. The molecule has 0 saturated carbocycles. The number of hydrogen-bond acceptors (Lipinski definition) is 3. The van der Waals surface area contributed by atoms with E-state index in [2.05, 4.69) is 199 Å². The molecule has 0 atom stereocenters. The Balaban J connectivity index is 1.12. The molecule has 0 spiro atoms. The van der Waals surface area contributed by atoms with Crippen molar-refractivity contribution in [1.82, 2.24) is 0 Å². The van der Waals surface area contributed by atoms with Crippen molar-refractivity contribution in [2.75, 3.05) is 4.90 Å². The van der Waals surface area contributed by atoms with Crippen LogP contribution in [0.2, 0.25) is 0 Å². The van der Waals surface area contributed by atoms with E-state index in [0.717, 1.165) is 50.1 Å². The van der Waals surface area contributed by atoms with Crippen molar-refractivity contribution in [3.05, 3.63) is 200 Å². The van der Waals surface area contributed by atoms with Crippen LogP contribution in [-0.2, 0) is 0 Å². The molecule has 0 aliphatic carbocycles. The Hall–Kier alpha value is -6.94. The fourth-order valence-corrected chi connectivity index (χ4v) is 9.51. The third-order valence-electron chi connectivity index (χ3n) is 10.9. The molecule has 2 nitrogen and oxygen atoms in total. The quantitative estimate of drug-likeness (QED) is 0.170. The average Bonchev–Trinajstić information content (AvgIpc) is 3.83. The lowest BCUT2D eigenvalue weighted by Gasteiger charge is -2.28. The van der Waals surface area contributed by atoms with Gasteiger partial charge in [0.1, 0.15) is 11.2 Å². The second-order valence-electron chi connectivity index (χ2n) is 14.0. The normalized spacial score (nSPS) is 11.6. The molecule has 0 aliphatic heterocycles. The van der Waals surface area contributed by atoms with E-state index < -0.39 is 0 Å². The molecular formula is C52H33NOS. The first kappa shape index (κ1) is 31.6. The van der Waals surface area contributed by atoms with Crippen LogP contribution in [0, 0.1) is 0 Å². The average molecular weight is 720 g/mol. The predicted octanol–water partition coefficient (Wildman–Crippen LogP) is 15.6. The van der Waals surface area contributed by atoms with Gasteiger partial charge in [-0.2, -0.15) is 0 Å². The highest BCUT2D eigenvalue weighted by Crippen LogP contribution is 2.46. The minimum absolute atomic E-state index is 0.895. The molecule has 55 heavy (non-hydrogen) atoms. The SMILES string of the molecule is c1cc(-c2cccc3sc4ccccc4c23)cc(N(c2ccc(-c3cccc4ccccc34)cc2)c2ccccc2-c2cccc3c2oc2ccccc23)c1. The molecule has 11 aromatic rings. The van der Waals surface area contributed by atoms with E-state index in [9.17, 15) is 0 Å². The number of anilines is 3. The molecule has 11 rings (SSSR count). The van der Waals surface area contributed by atoms with Crippen molar-refractivity contribution in [3.63, 3.8) is 0 Å². The van der Waals surface area contributed by atoms with E-state index in [4.69, 9.17) is 4.42 Å². The van der Waals surface area contributed by atoms with Gasteiger partial charge >= 0.3 is 0 Å². The van der Waals surface area contributed by atoms with Gasteiger partial charge in [-0.25, -0.2) is 0 Å². The number of thiophene rings is 1. The van der Waals surface area contributed by atoms with E-state index in [1.54, 1.807) is 0 Å². The molecule has 0 radical (unpaired) electrons. The van der Waals surface area contributed by atoms with Crippen molar-refractivity contribution in [1.29, 1.82) is 0 Å². The number of fused-ring (bicyclic) bond motifs is 7. The van der Waals surface area contributed by atoms with Gasteiger partial charge in [-0.15, -0.1) is 11.3 Å². The second kappa shape index (κ2) is 12.9. The van der Waals surface area contributed by atoms with Gasteiger partial charge < -0.3 is 9.32 Å². The van der Waals surface area contributed by atoms with Gasteiger partial charge in [0.15, 0.2) is 0 Å². The Kier molecular flexibility index (Phi) is 7.39. The zero-order valence-electron chi connectivity index (χ0n) is 29.8. The summed E-state index contributed by atoms with van der Waals surface area (Å²) in [5.41, 5.74) is 12.0. The summed E-state index contributed by atoms with van der Waals surface area (Å²) in [7, 11) is 0. The Morgan fingerprint density at radius 2 is 1.02 bits per heavy atom. The highest BCUT2D eigenvalue weighted by molar-refractivity contribution is 7.25. The molecule has 0 unspecified atom stereocenters. The summed E-state index contributed by atoms with van der Waals surface area (Å²) in [5, 5.41) is 7.34. The molecule has 0 fully saturated rings. The maximum atomic E-state index is 6.61. The van der Waals surface area contributed by atoms with Crippen LogP contribution in [0.5, 0.6) is 0 Å². The van der Waals surface area contributed by atoms with Crippen LogP contribution >= 0.6 is 11.3 Å². The molecule has 0 amide bonds.